The first kappa shape index (κ1) is 10.8. The highest BCUT2D eigenvalue weighted by atomic mass is 32.2. The van der Waals surface area contributed by atoms with Crippen molar-refractivity contribution in [3.05, 3.63) is 0 Å². The van der Waals surface area contributed by atoms with Crippen LogP contribution < -0.4 is 0 Å². The molecular formula is C7H14O3S. The van der Waals surface area contributed by atoms with E-state index in [0.29, 0.717) is 12.5 Å². The molecule has 0 atom stereocenters. The van der Waals surface area contributed by atoms with E-state index in [0.717, 1.165) is 0 Å². The van der Waals surface area contributed by atoms with Crippen molar-refractivity contribution in [1.29, 1.82) is 0 Å². The van der Waals surface area contributed by atoms with Gasteiger partial charge in [-0.15, -0.1) is 11.8 Å². The smallest absolute Gasteiger partial charge is 0.319 e. The minimum Gasteiger partial charge on any atom is -0.480 e. The van der Waals surface area contributed by atoms with Crippen molar-refractivity contribution in [2.24, 2.45) is 0 Å². The number of thioether (sulfide) groups is 1. The second kappa shape index (κ2) is 4.62. The van der Waals surface area contributed by atoms with Crippen molar-refractivity contribution in [2.75, 3.05) is 12.5 Å². The monoisotopic (exact) mass is 178 g/mol. The Balaban J connectivity index is 3.64. The lowest BCUT2D eigenvalue weighted by molar-refractivity contribution is -0.138. The fourth-order valence-electron chi connectivity index (χ4n) is 0.334. The van der Waals surface area contributed by atoms with E-state index in [1.165, 1.54) is 11.8 Å². The molecule has 0 aromatic rings. The molecule has 0 spiro atoms. The number of carbonyl (C=O) groups is 1. The average Bonchev–Trinajstić information content (AvgIpc) is 1.88. The third-order valence-corrected chi connectivity index (χ3v) is 2.40. The van der Waals surface area contributed by atoms with Crippen LogP contribution in [0.5, 0.6) is 0 Å². The Morgan fingerprint density at radius 3 is 2.55 bits per heavy atom. The first-order valence-electron chi connectivity index (χ1n) is 3.45. The summed E-state index contributed by atoms with van der Waals surface area (Å²) in [5.74, 6) is -0.363. The molecule has 0 amide bonds. The molecule has 0 aromatic heterocycles. The standard InChI is InChI=1S/C7H14O3S/c1-4-10-5-11-7(2,3)6(8)9/h4-5H2,1-3H3,(H,8,9). The molecule has 1 N–H and O–H groups in total. The van der Waals surface area contributed by atoms with Gasteiger partial charge < -0.3 is 9.84 Å². The van der Waals surface area contributed by atoms with Gasteiger partial charge in [0.15, 0.2) is 0 Å². The molecule has 0 radical (unpaired) electrons. The summed E-state index contributed by atoms with van der Waals surface area (Å²) in [6.45, 7) is 5.84. The molecule has 0 fully saturated rings. The Morgan fingerprint density at radius 2 is 2.18 bits per heavy atom. The van der Waals surface area contributed by atoms with Crippen LogP contribution >= 0.6 is 11.8 Å². The van der Waals surface area contributed by atoms with E-state index in [9.17, 15) is 4.79 Å². The zero-order chi connectivity index (χ0) is 8.91. The minimum atomic E-state index is -0.804. The fourth-order valence-corrected chi connectivity index (χ4v) is 1.00. The second-order valence-corrected chi connectivity index (χ2v) is 4.12. The fraction of sp³-hybridized carbons (Fsp3) is 0.857. The first-order valence-corrected chi connectivity index (χ1v) is 4.44. The second-order valence-electron chi connectivity index (χ2n) is 2.57. The van der Waals surface area contributed by atoms with Gasteiger partial charge in [0.2, 0.25) is 0 Å². The summed E-state index contributed by atoms with van der Waals surface area (Å²) in [4.78, 5) is 10.5. The number of rotatable bonds is 5. The molecule has 0 saturated carbocycles. The Bertz CT molecular complexity index is 134. The van der Waals surface area contributed by atoms with Crippen LogP contribution in [0.4, 0.5) is 0 Å². The van der Waals surface area contributed by atoms with Crippen LogP contribution in [-0.4, -0.2) is 28.4 Å². The highest BCUT2D eigenvalue weighted by Crippen LogP contribution is 2.24. The third-order valence-electron chi connectivity index (χ3n) is 1.22. The van der Waals surface area contributed by atoms with Gasteiger partial charge in [-0.05, 0) is 20.8 Å². The molecular weight excluding hydrogens is 164 g/mol. The molecule has 11 heavy (non-hydrogen) atoms. The van der Waals surface area contributed by atoms with Crippen LogP contribution in [0.2, 0.25) is 0 Å². The summed E-state index contributed by atoms with van der Waals surface area (Å²) in [7, 11) is 0. The molecule has 0 saturated heterocycles. The van der Waals surface area contributed by atoms with Gasteiger partial charge in [-0.1, -0.05) is 0 Å². The highest BCUT2D eigenvalue weighted by Gasteiger charge is 2.27. The maximum atomic E-state index is 10.5. The van der Waals surface area contributed by atoms with E-state index in [2.05, 4.69) is 0 Å². The number of aliphatic carboxylic acids is 1. The molecule has 0 aliphatic rings. The minimum absolute atomic E-state index is 0.440. The molecule has 0 aliphatic carbocycles. The summed E-state index contributed by atoms with van der Waals surface area (Å²) in [6.07, 6.45) is 0. The zero-order valence-corrected chi connectivity index (χ0v) is 7.90. The largest absolute Gasteiger partial charge is 0.480 e. The van der Waals surface area contributed by atoms with Crippen molar-refractivity contribution < 1.29 is 14.6 Å². The van der Waals surface area contributed by atoms with Crippen LogP contribution in [0.3, 0.4) is 0 Å². The van der Waals surface area contributed by atoms with Crippen LogP contribution in [0, 0.1) is 0 Å². The number of hydrogen-bond acceptors (Lipinski definition) is 3. The predicted octanol–water partition coefficient (Wildman–Crippen LogP) is 1.58. The molecule has 0 unspecified atom stereocenters. The van der Waals surface area contributed by atoms with Crippen molar-refractivity contribution in [1.82, 2.24) is 0 Å². The zero-order valence-electron chi connectivity index (χ0n) is 7.09. The van der Waals surface area contributed by atoms with Crippen LogP contribution in [0.1, 0.15) is 20.8 Å². The van der Waals surface area contributed by atoms with Gasteiger partial charge in [-0.25, -0.2) is 0 Å². The van der Waals surface area contributed by atoms with Crippen LogP contribution in [0.25, 0.3) is 0 Å². The van der Waals surface area contributed by atoms with E-state index in [4.69, 9.17) is 9.84 Å². The van der Waals surface area contributed by atoms with Crippen LogP contribution in [-0.2, 0) is 9.53 Å². The summed E-state index contributed by atoms with van der Waals surface area (Å²) in [6, 6.07) is 0. The van der Waals surface area contributed by atoms with E-state index in [-0.39, 0.29) is 0 Å². The third kappa shape index (κ3) is 4.27. The number of carboxylic acid groups (broad SMARTS) is 1. The molecule has 0 aliphatic heterocycles. The van der Waals surface area contributed by atoms with Gasteiger partial charge in [0.05, 0.1) is 5.94 Å². The van der Waals surface area contributed by atoms with Gasteiger partial charge in [0, 0.05) is 6.61 Å². The van der Waals surface area contributed by atoms with Gasteiger partial charge in [-0.3, -0.25) is 4.79 Å². The average molecular weight is 178 g/mol. The predicted molar refractivity (Wildman–Crippen MR) is 45.8 cm³/mol. The maximum Gasteiger partial charge on any atom is 0.319 e. The topological polar surface area (TPSA) is 46.5 Å². The molecule has 3 nitrogen and oxygen atoms in total. The lowest BCUT2D eigenvalue weighted by Crippen LogP contribution is -2.27. The summed E-state index contributed by atoms with van der Waals surface area (Å²) in [5, 5.41) is 8.66. The van der Waals surface area contributed by atoms with Crippen LogP contribution in [0.15, 0.2) is 0 Å². The molecule has 0 heterocycles. The molecule has 66 valence electrons. The first-order chi connectivity index (χ1) is 5.00. The lowest BCUT2D eigenvalue weighted by atomic mass is 10.2. The lowest BCUT2D eigenvalue weighted by Gasteiger charge is -2.17. The van der Waals surface area contributed by atoms with E-state index in [1.807, 2.05) is 6.92 Å². The number of ether oxygens (including phenoxy) is 1. The Kier molecular flexibility index (Phi) is 4.52. The SMILES string of the molecule is CCOCSC(C)(C)C(=O)O. The molecule has 4 heteroatoms. The van der Waals surface area contributed by atoms with Gasteiger partial charge in [0.25, 0.3) is 0 Å². The summed E-state index contributed by atoms with van der Waals surface area (Å²) < 4.78 is 4.28. The van der Waals surface area contributed by atoms with Crippen molar-refractivity contribution in [2.45, 2.75) is 25.5 Å². The Hall–Kier alpha value is -0.220. The van der Waals surface area contributed by atoms with Gasteiger partial charge >= 0.3 is 5.97 Å². The normalized spacial score (nSPS) is 11.5. The summed E-state index contributed by atoms with van der Waals surface area (Å²) >= 11 is 1.29. The summed E-state index contributed by atoms with van der Waals surface area (Å²) in [5.41, 5.74) is 0. The van der Waals surface area contributed by atoms with Gasteiger partial charge in [0.1, 0.15) is 4.75 Å². The van der Waals surface area contributed by atoms with Crippen molar-refractivity contribution in [3.8, 4) is 0 Å². The molecule has 0 bridgehead atoms. The van der Waals surface area contributed by atoms with Crippen molar-refractivity contribution >= 4 is 17.7 Å². The number of carboxylic acids is 1. The van der Waals surface area contributed by atoms with Crippen molar-refractivity contribution in [3.63, 3.8) is 0 Å². The van der Waals surface area contributed by atoms with Gasteiger partial charge in [-0.2, -0.15) is 0 Å². The van der Waals surface area contributed by atoms with E-state index < -0.39 is 10.7 Å². The molecule has 0 rings (SSSR count). The van der Waals surface area contributed by atoms with E-state index in [1.54, 1.807) is 13.8 Å². The highest BCUT2D eigenvalue weighted by molar-refractivity contribution is 8.01. The maximum absolute atomic E-state index is 10.5. The van der Waals surface area contributed by atoms with E-state index >= 15 is 0 Å². The number of hydrogen-bond donors (Lipinski definition) is 1. The quantitative estimate of drug-likeness (QED) is 0.513. The Morgan fingerprint density at radius 1 is 1.64 bits per heavy atom. The Labute approximate surface area is 71.1 Å². The molecule has 0 aromatic carbocycles.